The third-order valence-corrected chi connectivity index (χ3v) is 5.22. The molecule has 0 heterocycles. The highest BCUT2D eigenvalue weighted by molar-refractivity contribution is 7.89. The fraction of sp³-hybridized carbons (Fsp3) is 0.143. The molecule has 0 aliphatic heterocycles. The summed E-state index contributed by atoms with van der Waals surface area (Å²) >= 11 is 11.8. The van der Waals surface area contributed by atoms with Crippen molar-refractivity contribution < 1.29 is 13.5 Å². The molecule has 7 heteroatoms. The Kier molecular flexibility index (Phi) is 5.24. The molecule has 2 aromatic carbocycles. The van der Waals surface area contributed by atoms with Crippen molar-refractivity contribution in [3.05, 3.63) is 63.6 Å². The first-order chi connectivity index (χ1) is 9.94. The van der Waals surface area contributed by atoms with Crippen LogP contribution in [0.5, 0.6) is 0 Å². The quantitative estimate of drug-likeness (QED) is 0.875. The number of aliphatic hydroxyl groups is 1. The summed E-state index contributed by atoms with van der Waals surface area (Å²) in [4.78, 5) is -0.125. The van der Waals surface area contributed by atoms with E-state index in [4.69, 9.17) is 28.3 Å². The molecule has 0 bridgehead atoms. The second kappa shape index (κ2) is 6.77. The average molecular weight is 346 g/mol. The Bertz CT molecular complexity index is 710. The lowest BCUT2D eigenvalue weighted by Crippen LogP contribution is -2.23. The van der Waals surface area contributed by atoms with Crippen molar-refractivity contribution in [3.8, 4) is 0 Å². The summed E-state index contributed by atoms with van der Waals surface area (Å²) in [6, 6.07) is 11.5. The average Bonchev–Trinajstić information content (AvgIpc) is 2.45. The van der Waals surface area contributed by atoms with Gasteiger partial charge in [-0.2, -0.15) is 0 Å². The Labute approximate surface area is 133 Å². The van der Waals surface area contributed by atoms with Crippen molar-refractivity contribution in [2.24, 2.45) is 0 Å². The lowest BCUT2D eigenvalue weighted by atomic mass is 10.1. The van der Waals surface area contributed by atoms with Gasteiger partial charge in [-0.15, -0.1) is 0 Å². The van der Waals surface area contributed by atoms with E-state index in [1.54, 1.807) is 30.3 Å². The van der Waals surface area contributed by atoms with E-state index in [0.717, 1.165) is 11.1 Å². The van der Waals surface area contributed by atoms with E-state index >= 15 is 0 Å². The van der Waals surface area contributed by atoms with Crippen LogP contribution >= 0.6 is 23.2 Å². The number of sulfonamides is 1. The van der Waals surface area contributed by atoms with Gasteiger partial charge in [0.25, 0.3) is 0 Å². The van der Waals surface area contributed by atoms with Crippen molar-refractivity contribution in [1.29, 1.82) is 0 Å². The van der Waals surface area contributed by atoms with Crippen molar-refractivity contribution in [2.45, 2.75) is 18.0 Å². The minimum absolute atomic E-state index is 0.0543. The van der Waals surface area contributed by atoms with Crippen molar-refractivity contribution in [2.75, 3.05) is 0 Å². The van der Waals surface area contributed by atoms with Crippen LogP contribution in [0.15, 0.2) is 47.4 Å². The first-order valence-corrected chi connectivity index (χ1v) is 8.30. The smallest absolute Gasteiger partial charge is 0.243 e. The van der Waals surface area contributed by atoms with Gasteiger partial charge in [-0.25, -0.2) is 13.1 Å². The maximum atomic E-state index is 12.3. The van der Waals surface area contributed by atoms with Crippen LogP contribution in [0.1, 0.15) is 11.1 Å². The minimum Gasteiger partial charge on any atom is -0.392 e. The van der Waals surface area contributed by atoms with Crippen LogP contribution in [0.4, 0.5) is 0 Å². The zero-order valence-corrected chi connectivity index (χ0v) is 13.2. The predicted octanol–water partition coefficient (Wildman–Crippen LogP) is 2.96. The Balaban J connectivity index is 2.18. The SMILES string of the molecule is O=S(=O)(NCc1ccc(CO)cc1)c1c(Cl)cccc1Cl. The van der Waals surface area contributed by atoms with Gasteiger partial charge in [0.2, 0.25) is 10.0 Å². The first-order valence-electron chi connectivity index (χ1n) is 6.06. The van der Waals surface area contributed by atoms with E-state index in [0.29, 0.717) is 0 Å². The van der Waals surface area contributed by atoms with Gasteiger partial charge in [0.15, 0.2) is 0 Å². The fourth-order valence-corrected chi connectivity index (χ4v) is 3.91. The number of aliphatic hydroxyl groups excluding tert-OH is 1. The molecule has 0 spiro atoms. The molecule has 2 N–H and O–H groups in total. The van der Waals surface area contributed by atoms with Crippen LogP contribution in [-0.2, 0) is 23.2 Å². The van der Waals surface area contributed by atoms with Crippen LogP contribution < -0.4 is 4.72 Å². The van der Waals surface area contributed by atoms with Gasteiger partial charge >= 0.3 is 0 Å². The maximum absolute atomic E-state index is 12.3. The topological polar surface area (TPSA) is 66.4 Å². The molecule has 0 aliphatic carbocycles. The second-order valence-electron chi connectivity index (χ2n) is 4.35. The molecule has 0 aromatic heterocycles. The summed E-state index contributed by atoms with van der Waals surface area (Å²) in [6.07, 6.45) is 0. The minimum atomic E-state index is -3.80. The lowest BCUT2D eigenvalue weighted by Gasteiger charge is -2.10. The number of nitrogens with one attached hydrogen (secondary N) is 1. The Morgan fingerprint density at radius 3 is 2.00 bits per heavy atom. The number of hydrogen-bond donors (Lipinski definition) is 2. The third kappa shape index (κ3) is 3.96. The Hall–Kier alpha value is -1.11. The van der Waals surface area contributed by atoms with E-state index < -0.39 is 10.0 Å². The molecule has 21 heavy (non-hydrogen) atoms. The molecule has 0 atom stereocenters. The molecule has 0 fully saturated rings. The van der Waals surface area contributed by atoms with Crippen LogP contribution in [0.3, 0.4) is 0 Å². The standard InChI is InChI=1S/C14H13Cl2NO3S/c15-12-2-1-3-13(16)14(12)21(19,20)17-8-10-4-6-11(9-18)7-5-10/h1-7,17-18H,8-9H2. The normalized spacial score (nSPS) is 11.6. The number of benzene rings is 2. The van der Waals surface area contributed by atoms with Gasteiger partial charge < -0.3 is 5.11 Å². The van der Waals surface area contributed by atoms with Crippen LogP contribution in [0.25, 0.3) is 0 Å². The van der Waals surface area contributed by atoms with E-state index in [1.807, 2.05) is 0 Å². The van der Waals surface area contributed by atoms with E-state index in [1.165, 1.54) is 12.1 Å². The highest BCUT2D eigenvalue weighted by Crippen LogP contribution is 2.28. The zero-order valence-electron chi connectivity index (χ0n) is 10.9. The summed E-state index contributed by atoms with van der Waals surface area (Å²) in [5.41, 5.74) is 1.52. The summed E-state index contributed by atoms with van der Waals surface area (Å²) in [6.45, 7) is 0.0524. The first kappa shape index (κ1) is 16.3. The summed E-state index contributed by atoms with van der Waals surface area (Å²) in [5.74, 6) is 0. The van der Waals surface area contributed by atoms with Crippen molar-refractivity contribution in [1.82, 2.24) is 4.72 Å². The molecule has 0 amide bonds. The third-order valence-electron chi connectivity index (χ3n) is 2.86. The summed E-state index contributed by atoms with van der Waals surface area (Å²) < 4.78 is 27.0. The van der Waals surface area contributed by atoms with Gasteiger partial charge in [-0.1, -0.05) is 53.5 Å². The summed E-state index contributed by atoms with van der Waals surface area (Å²) in [7, 11) is -3.80. The Morgan fingerprint density at radius 2 is 1.48 bits per heavy atom. The molecular formula is C14H13Cl2NO3S. The second-order valence-corrected chi connectivity index (χ2v) is 6.87. The zero-order chi connectivity index (χ0) is 15.5. The van der Waals surface area contributed by atoms with Gasteiger partial charge in [0.1, 0.15) is 4.90 Å². The predicted molar refractivity (Wildman–Crippen MR) is 82.9 cm³/mol. The van der Waals surface area contributed by atoms with Gasteiger partial charge in [-0.05, 0) is 23.3 Å². The number of halogens is 2. The van der Waals surface area contributed by atoms with Gasteiger partial charge in [-0.3, -0.25) is 0 Å². The van der Waals surface area contributed by atoms with Crippen LogP contribution in [0.2, 0.25) is 10.0 Å². The number of rotatable bonds is 5. The van der Waals surface area contributed by atoms with E-state index in [2.05, 4.69) is 4.72 Å². The highest BCUT2D eigenvalue weighted by Gasteiger charge is 2.21. The highest BCUT2D eigenvalue weighted by atomic mass is 35.5. The number of hydrogen-bond acceptors (Lipinski definition) is 3. The van der Waals surface area contributed by atoms with E-state index in [9.17, 15) is 8.42 Å². The van der Waals surface area contributed by atoms with Crippen LogP contribution in [-0.4, -0.2) is 13.5 Å². The summed E-state index contributed by atoms with van der Waals surface area (Å²) in [5, 5.41) is 9.11. The molecule has 2 rings (SSSR count). The van der Waals surface area contributed by atoms with Gasteiger partial charge in [0.05, 0.1) is 16.7 Å². The van der Waals surface area contributed by atoms with E-state index in [-0.39, 0.29) is 28.1 Å². The molecule has 0 saturated heterocycles. The lowest BCUT2D eigenvalue weighted by molar-refractivity contribution is 0.282. The molecule has 0 unspecified atom stereocenters. The molecule has 112 valence electrons. The monoisotopic (exact) mass is 345 g/mol. The van der Waals surface area contributed by atoms with Crippen molar-refractivity contribution >= 4 is 33.2 Å². The fourth-order valence-electron chi connectivity index (χ4n) is 1.75. The molecule has 4 nitrogen and oxygen atoms in total. The molecule has 2 aromatic rings. The largest absolute Gasteiger partial charge is 0.392 e. The van der Waals surface area contributed by atoms with Gasteiger partial charge in [0, 0.05) is 6.54 Å². The Morgan fingerprint density at radius 1 is 0.952 bits per heavy atom. The molecule has 0 aliphatic rings. The van der Waals surface area contributed by atoms with Crippen molar-refractivity contribution in [3.63, 3.8) is 0 Å². The van der Waals surface area contributed by atoms with Crippen LogP contribution in [0, 0.1) is 0 Å². The molecule has 0 radical (unpaired) electrons. The molecular weight excluding hydrogens is 333 g/mol. The maximum Gasteiger partial charge on any atom is 0.243 e. The molecule has 0 saturated carbocycles.